The quantitative estimate of drug-likeness (QED) is 0.302. The first-order valence-corrected chi connectivity index (χ1v) is 14.9. The van der Waals surface area contributed by atoms with Crippen LogP contribution in [0.2, 0.25) is 10.0 Å². The third kappa shape index (κ3) is 8.15. The predicted octanol–water partition coefficient (Wildman–Crippen LogP) is 4.94. The number of anilines is 1. The standard InChI is InChI=1S/C29H28Cl2N4O6S/c1-2-40-29(39)35-17-42-16-24(35)26(36)34-23(28(38)41-15-19-10-12-32-13-11-19)14-18-6-8-20(9-7-18)33-27(37)25-21(30)4-3-5-22(25)31/h3-13,23-24H,2,14-17H2,1H3,(H,33,37)(H,34,36)/t23?,24-/m1/s1. The number of pyridine rings is 1. The number of ether oxygens (including phenoxy) is 2. The summed E-state index contributed by atoms with van der Waals surface area (Å²) in [6.07, 6.45) is 2.69. The van der Waals surface area contributed by atoms with Crippen LogP contribution >= 0.6 is 35.0 Å². The van der Waals surface area contributed by atoms with Crippen molar-refractivity contribution in [1.82, 2.24) is 15.2 Å². The number of nitrogens with zero attached hydrogens (tertiary/aromatic N) is 2. The van der Waals surface area contributed by atoms with Crippen LogP contribution in [0.5, 0.6) is 0 Å². The lowest BCUT2D eigenvalue weighted by molar-refractivity contribution is -0.149. The van der Waals surface area contributed by atoms with Crippen LogP contribution < -0.4 is 10.6 Å². The molecule has 1 saturated heterocycles. The molecular formula is C29H28Cl2N4O6S. The van der Waals surface area contributed by atoms with E-state index in [0.717, 1.165) is 5.56 Å². The van der Waals surface area contributed by atoms with E-state index in [9.17, 15) is 19.2 Å². The Morgan fingerprint density at radius 2 is 1.69 bits per heavy atom. The number of rotatable bonds is 10. The molecule has 2 aromatic carbocycles. The zero-order chi connectivity index (χ0) is 30.1. The van der Waals surface area contributed by atoms with Gasteiger partial charge in [0.1, 0.15) is 18.7 Å². The Hall–Kier alpha value is -3.80. The van der Waals surface area contributed by atoms with Gasteiger partial charge in [0.2, 0.25) is 5.91 Å². The van der Waals surface area contributed by atoms with Crippen LogP contribution in [0, 0.1) is 0 Å². The largest absolute Gasteiger partial charge is 0.459 e. The summed E-state index contributed by atoms with van der Waals surface area (Å²) < 4.78 is 10.6. The second kappa shape index (κ2) is 14.9. The van der Waals surface area contributed by atoms with Gasteiger partial charge in [-0.05, 0) is 54.4 Å². The molecule has 1 aliphatic rings. The van der Waals surface area contributed by atoms with Crippen molar-refractivity contribution in [3.8, 4) is 0 Å². The van der Waals surface area contributed by atoms with Crippen molar-refractivity contribution in [1.29, 1.82) is 0 Å². The number of thioether (sulfide) groups is 1. The van der Waals surface area contributed by atoms with E-state index in [1.54, 1.807) is 73.9 Å². The Morgan fingerprint density at radius 3 is 2.36 bits per heavy atom. The Morgan fingerprint density at radius 1 is 1.00 bits per heavy atom. The molecule has 0 bridgehead atoms. The molecule has 0 spiro atoms. The fraction of sp³-hybridized carbons (Fsp3) is 0.276. The smallest absolute Gasteiger partial charge is 0.411 e. The average molecular weight is 632 g/mol. The normalized spacial score (nSPS) is 15.0. The summed E-state index contributed by atoms with van der Waals surface area (Å²) in [5.74, 6) is -0.920. The minimum absolute atomic E-state index is 0.00245. The van der Waals surface area contributed by atoms with Crippen molar-refractivity contribution < 1.29 is 28.7 Å². The number of carbonyl (C=O) groups is 4. The first-order valence-electron chi connectivity index (χ1n) is 13.0. The summed E-state index contributed by atoms with van der Waals surface area (Å²) in [7, 11) is 0. The summed E-state index contributed by atoms with van der Waals surface area (Å²) in [6.45, 7) is 1.87. The van der Waals surface area contributed by atoms with Crippen LogP contribution in [0.1, 0.15) is 28.4 Å². The van der Waals surface area contributed by atoms with Crippen molar-refractivity contribution in [2.75, 3.05) is 23.6 Å². The Balaban J connectivity index is 1.46. The monoisotopic (exact) mass is 630 g/mol. The molecule has 4 rings (SSSR count). The number of benzene rings is 2. The number of hydrogen-bond acceptors (Lipinski definition) is 8. The lowest BCUT2D eigenvalue weighted by Gasteiger charge is -2.25. The predicted molar refractivity (Wildman–Crippen MR) is 160 cm³/mol. The number of esters is 1. The van der Waals surface area contributed by atoms with Gasteiger partial charge in [0, 0.05) is 30.3 Å². The maximum atomic E-state index is 13.2. The molecule has 2 heterocycles. The van der Waals surface area contributed by atoms with Gasteiger partial charge in [-0.3, -0.25) is 19.5 Å². The fourth-order valence-electron chi connectivity index (χ4n) is 4.11. The van der Waals surface area contributed by atoms with E-state index in [1.807, 2.05) is 0 Å². The highest BCUT2D eigenvalue weighted by atomic mass is 35.5. The molecule has 1 aliphatic heterocycles. The average Bonchev–Trinajstić information content (AvgIpc) is 3.48. The van der Waals surface area contributed by atoms with Crippen molar-refractivity contribution in [2.45, 2.75) is 32.0 Å². The second-order valence-electron chi connectivity index (χ2n) is 9.16. The molecule has 0 saturated carbocycles. The molecule has 2 N–H and O–H groups in total. The Labute approximate surface area is 257 Å². The summed E-state index contributed by atoms with van der Waals surface area (Å²) in [6, 6.07) is 13.2. The van der Waals surface area contributed by atoms with E-state index in [2.05, 4.69) is 15.6 Å². The summed E-state index contributed by atoms with van der Waals surface area (Å²) >= 11 is 13.7. The number of aromatic nitrogens is 1. The number of carbonyl (C=O) groups excluding carboxylic acids is 4. The molecule has 2 atom stereocenters. The van der Waals surface area contributed by atoms with Crippen LogP contribution in [0.4, 0.5) is 10.5 Å². The molecule has 3 aromatic rings. The van der Waals surface area contributed by atoms with Crippen molar-refractivity contribution in [2.24, 2.45) is 0 Å². The van der Waals surface area contributed by atoms with E-state index in [0.29, 0.717) is 22.9 Å². The topological polar surface area (TPSA) is 127 Å². The van der Waals surface area contributed by atoms with Gasteiger partial charge < -0.3 is 20.1 Å². The molecule has 0 aliphatic carbocycles. The van der Waals surface area contributed by atoms with Gasteiger partial charge >= 0.3 is 12.1 Å². The number of hydrogen-bond donors (Lipinski definition) is 2. The molecule has 220 valence electrons. The highest BCUT2D eigenvalue weighted by Crippen LogP contribution is 2.26. The molecule has 13 heteroatoms. The third-order valence-corrected chi connectivity index (χ3v) is 7.90. The number of halogens is 2. The highest BCUT2D eigenvalue weighted by molar-refractivity contribution is 7.99. The summed E-state index contributed by atoms with van der Waals surface area (Å²) in [4.78, 5) is 56.8. The Kier molecular flexibility index (Phi) is 11.0. The van der Waals surface area contributed by atoms with Crippen molar-refractivity contribution in [3.05, 3.63) is 93.7 Å². The van der Waals surface area contributed by atoms with E-state index < -0.39 is 36.0 Å². The third-order valence-electron chi connectivity index (χ3n) is 6.26. The number of amides is 3. The van der Waals surface area contributed by atoms with Crippen LogP contribution in [0.25, 0.3) is 0 Å². The molecule has 1 fully saturated rings. The summed E-state index contributed by atoms with van der Waals surface area (Å²) in [5, 5.41) is 5.96. The van der Waals surface area contributed by atoms with E-state index >= 15 is 0 Å². The van der Waals surface area contributed by atoms with Gasteiger partial charge in [0.25, 0.3) is 5.91 Å². The molecule has 1 unspecified atom stereocenters. The lowest BCUT2D eigenvalue weighted by atomic mass is 10.0. The first-order chi connectivity index (χ1) is 20.3. The highest BCUT2D eigenvalue weighted by Gasteiger charge is 2.37. The van der Waals surface area contributed by atoms with E-state index in [1.165, 1.54) is 16.7 Å². The zero-order valence-corrected chi connectivity index (χ0v) is 24.9. The van der Waals surface area contributed by atoms with Crippen LogP contribution in [0.15, 0.2) is 67.0 Å². The van der Waals surface area contributed by atoms with Crippen molar-refractivity contribution in [3.63, 3.8) is 0 Å². The summed E-state index contributed by atoms with van der Waals surface area (Å²) in [5.41, 5.74) is 2.07. The van der Waals surface area contributed by atoms with E-state index in [4.69, 9.17) is 32.7 Å². The minimum atomic E-state index is -1.05. The van der Waals surface area contributed by atoms with Gasteiger partial charge in [-0.25, -0.2) is 9.59 Å². The Bertz CT molecular complexity index is 1410. The first kappa shape index (κ1) is 31.1. The number of nitrogens with one attached hydrogen (secondary N) is 2. The zero-order valence-electron chi connectivity index (χ0n) is 22.5. The van der Waals surface area contributed by atoms with Crippen LogP contribution in [-0.4, -0.2) is 64.1 Å². The van der Waals surface area contributed by atoms with E-state index in [-0.39, 0.29) is 35.2 Å². The maximum Gasteiger partial charge on any atom is 0.411 e. The van der Waals surface area contributed by atoms with Gasteiger partial charge in [0.05, 0.1) is 28.1 Å². The molecule has 10 nitrogen and oxygen atoms in total. The molecule has 42 heavy (non-hydrogen) atoms. The second-order valence-corrected chi connectivity index (χ2v) is 11.0. The van der Waals surface area contributed by atoms with Gasteiger partial charge in [-0.1, -0.05) is 41.4 Å². The van der Waals surface area contributed by atoms with Crippen molar-refractivity contribution >= 4 is 64.5 Å². The molecule has 0 radical (unpaired) electrons. The lowest BCUT2D eigenvalue weighted by Crippen LogP contribution is -2.52. The minimum Gasteiger partial charge on any atom is -0.459 e. The fourth-order valence-corrected chi connectivity index (χ4v) is 5.82. The van der Waals surface area contributed by atoms with Crippen LogP contribution in [-0.2, 0) is 32.1 Å². The SMILES string of the molecule is CCOC(=O)N1CSC[C@@H]1C(=O)NC(Cc1ccc(NC(=O)c2c(Cl)cccc2Cl)cc1)C(=O)OCc1ccncc1. The van der Waals surface area contributed by atoms with Gasteiger partial charge in [0.15, 0.2) is 0 Å². The molecule has 3 amide bonds. The molecular weight excluding hydrogens is 603 g/mol. The maximum absolute atomic E-state index is 13.2. The van der Waals surface area contributed by atoms with Gasteiger partial charge in [-0.2, -0.15) is 0 Å². The molecule has 1 aromatic heterocycles. The van der Waals surface area contributed by atoms with Gasteiger partial charge in [-0.15, -0.1) is 11.8 Å². The van der Waals surface area contributed by atoms with Crippen LogP contribution in [0.3, 0.4) is 0 Å².